The van der Waals surface area contributed by atoms with Gasteiger partial charge in [-0.1, -0.05) is 147 Å². The van der Waals surface area contributed by atoms with Gasteiger partial charge in [-0.2, -0.15) is 0 Å². The number of carbonyl (C=O) groups is 2. The highest BCUT2D eigenvalue weighted by Gasteiger charge is 2.16. The molecule has 0 saturated carbocycles. The summed E-state index contributed by atoms with van der Waals surface area (Å²) >= 11 is 0. The fraction of sp³-hybridized carbons (Fsp3) is 0.846. The number of hydrogen-bond donors (Lipinski definition) is 1. The van der Waals surface area contributed by atoms with E-state index in [-0.39, 0.29) is 25.2 Å². The summed E-state index contributed by atoms with van der Waals surface area (Å²) in [6.45, 7) is 4.08. The van der Waals surface area contributed by atoms with Gasteiger partial charge in [0.1, 0.15) is 6.61 Å². The predicted octanol–water partition coefficient (Wildman–Crippen LogP) is 11.5. The van der Waals surface area contributed by atoms with Crippen LogP contribution in [0.2, 0.25) is 0 Å². The number of rotatable bonds is 34. The number of hydrogen-bond acceptors (Lipinski definition) is 5. The van der Waals surface area contributed by atoms with Crippen LogP contribution in [0.3, 0.4) is 0 Å². The van der Waals surface area contributed by atoms with E-state index >= 15 is 0 Å². The predicted molar refractivity (Wildman–Crippen MR) is 187 cm³/mol. The number of unbranched alkanes of at least 4 members (excludes halogenated alkanes) is 22. The van der Waals surface area contributed by atoms with Crippen molar-refractivity contribution in [1.29, 1.82) is 0 Å². The first-order chi connectivity index (χ1) is 21.6. The molecule has 1 N–H and O–H groups in total. The van der Waals surface area contributed by atoms with Crippen molar-refractivity contribution in [3.63, 3.8) is 0 Å². The number of aliphatic hydroxyl groups is 1. The van der Waals surface area contributed by atoms with Gasteiger partial charge < -0.3 is 14.6 Å². The summed E-state index contributed by atoms with van der Waals surface area (Å²) in [5.41, 5.74) is 0. The molecule has 258 valence electrons. The van der Waals surface area contributed by atoms with Crippen LogP contribution in [-0.2, 0) is 19.1 Å². The molecule has 0 aliphatic heterocycles. The average molecular weight is 621 g/mol. The normalized spacial score (nSPS) is 12.3. The fourth-order valence-electron chi connectivity index (χ4n) is 5.29. The van der Waals surface area contributed by atoms with E-state index < -0.39 is 6.10 Å². The van der Waals surface area contributed by atoms with Crippen LogP contribution in [-0.4, -0.2) is 36.4 Å². The first-order valence-electron chi connectivity index (χ1n) is 18.9. The lowest BCUT2D eigenvalue weighted by molar-refractivity contribution is -0.161. The molecule has 1 atom stereocenters. The van der Waals surface area contributed by atoms with Crippen molar-refractivity contribution in [2.75, 3.05) is 13.2 Å². The van der Waals surface area contributed by atoms with Crippen molar-refractivity contribution in [3.8, 4) is 0 Å². The third-order valence-corrected chi connectivity index (χ3v) is 8.22. The van der Waals surface area contributed by atoms with Crippen molar-refractivity contribution in [1.82, 2.24) is 0 Å². The zero-order valence-corrected chi connectivity index (χ0v) is 29.2. The smallest absolute Gasteiger partial charge is 0.306 e. The molecule has 0 aromatic carbocycles. The third-order valence-electron chi connectivity index (χ3n) is 8.22. The highest BCUT2D eigenvalue weighted by molar-refractivity contribution is 5.70. The van der Waals surface area contributed by atoms with Crippen LogP contribution in [0.1, 0.15) is 194 Å². The minimum Gasteiger partial charge on any atom is -0.462 e. The Morgan fingerprint density at radius 1 is 0.500 bits per heavy atom. The van der Waals surface area contributed by atoms with Gasteiger partial charge in [-0.15, -0.1) is 0 Å². The summed E-state index contributed by atoms with van der Waals surface area (Å²) in [4.78, 5) is 24.2. The molecule has 0 aliphatic carbocycles. The third kappa shape index (κ3) is 33.3. The van der Waals surface area contributed by atoms with Gasteiger partial charge in [0.15, 0.2) is 6.10 Å². The second kappa shape index (κ2) is 35.9. The summed E-state index contributed by atoms with van der Waals surface area (Å²) in [6.07, 6.45) is 40.9. The monoisotopic (exact) mass is 621 g/mol. The first kappa shape index (κ1) is 42.4. The van der Waals surface area contributed by atoms with Gasteiger partial charge in [-0.05, 0) is 57.8 Å². The van der Waals surface area contributed by atoms with Gasteiger partial charge in [-0.25, -0.2) is 0 Å². The van der Waals surface area contributed by atoms with Gasteiger partial charge >= 0.3 is 11.9 Å². The standard InChI is InChI=1S/C39H72O5/c1-3-5-7-9-11-13-15-16-17-18-19-20-21-22-24-26-28-30-32-34-39(42)44-37(35-40)36-43-38(41)33-31-29-27-25-23-14-12-10-8-6-4-2/h10,12,16-17,37,40H,3-9,11,13-15,18-36H2,1-2H3/t37-/m0/s1. The molecular formula is C39H72O5. The number of esters is 2. The molecule has 0 bridgehead atoms. The maximum atomic E-state index is 12.1. The Hall–Kier alpha value is -1.62. The lowest BCUT2D eigenvalue weighted by atomic mass is 10.1. The summed E-state index contributed by atoms with van der Waals surface area (Å²) in [5, 5.41) is 9.52. The maximum absolute atomic E-state index is 12.1. The molecule has 0 aromatic rings. The zero-order valence-electron chi connectivity index (χ0n) is 29.2. The van der Waals surface area contributed by atoms with Crippen molar-refractivity contribution in [2.45, 2.75) is 200 Å². The van der Waals surface area contributed by atoms with Gasteiger partial charge in [0.2, 0.25) is 0 Å². The van der Waals surface area contributed by atoms with Gasteiger partial charge in [0.25, 0.3) is 0 Å². The van der Waals surface area contributed by atoms with E-state index in [4.69, 9.17) is 9.47 Å². The molecule has 0 aromatic heterocycles. The molecule has 5 nitrogen and oxygen atoms in total. The molecule has 0 amide bonds. The van der Waals surface area contributed by atoms with E-state index in [9.17, 15) is 14.7 Å². The van der Waals surface area contributed by atoms with E-state index in [2.05, 4.69) is 38.2 Å². The number of aliphatic hydroxyl groups excluding tert-OH is 1. The van der Waals surface area contributed by atoms with Crippen LogP contribution in [0.4, 0.5) is 0 Å². The highest BCUT2D eigenvalue weighted by Crippen LogP contribution is 2.13. The molecule has 0 unspecified atom stereocenters. The van der Waals surface area contributed by atoms with Crippen LogP contribution < -0.4 is 0 Å². The summed E-state index contributed by atoms with van der Waals surface area (Å²) in [5.74, 6) is -0.602. The maximum Gasteiger partial charge on any atom is 0.306 e. The lowest BCUT2D eigenvalue weighted by Crippen LogP contribution is -2.28. The first-order valence-corrected chi connectivity index (χ1v) is 18.9. The van der Waals surface area contributed by atoms with E-state index in [0.717, 1.165) is 44.9 Å². The highest BCUT2D eigenvalue weighted by atomic mass is 16.6. The fourth-order valence-corrected chi connectivity index (χ4v) is 5.29. The van der Waals surface area contributed by atoms with Crippen LogP contribution in [0.25, 0.3) is 0 Å². The largest absolute Gasteiger partial charge is 0.462 e. The van der Waals surface area contributed by atoms with Crippen molar-refractivity contribution >= 4 is 11.9 Å². The number of allylic oxidation sites excluding steroid dienone is 4. The Kier molecular flexibility index (Phi) is 34.5. The van der Waals surface area contributed by atoms with Crippen molar-refractivity contribution in [2.24, 2.45) is 0 Å². The van der Waals surface area contributed by atoms with Crippen LogP contribution in [0, 0.1) is 0 Å². The van der Waals surface area contributed by atoms with E-state index in [1.165, 1.54) is 122 Å². The number of carbonyl (C=O) groups excluding carboxylic acids is 2. The summed E-state index contributed by atoms with van der Waals surface area (Å²) < 4.78 is 10.6. The second-order valence-corrected chi connectivity index (χ2v) is 12.6. The van der Waals surface area contributed by atoms with Crippen molar-refractivity contribution < 1.29 is 24.2 Å². The molecule has 0 spiro atoms. The molecule has 5 heteroatoms. The minimum absolute atomic E-state index is 0.0685. The number of ether oxygens (including phenoxy) is 2. The van der Waals surface area contributed by atoms with E-state index in [1.807, 2.05) is 0 Å². The SMILES string of the molecule is CCCCC=CCCCCCCCC(=O)OC[C@H](CO)OC(=O)CCCCCCCCCCCC=CCCCCCCCC. The molecular weight excluding hydrogens is 548 g/mol. The molecule has 0 saturated heterocycles. The van der Waals surface area contributed by atoms with Crippen LogP contribution in [0.5, 0.6) is 0 Å². The van der Waals surface area contributed by atoms with Crippen molar-refractivity contribution in [3.05, 3.63) is 24.3 Å². The lowest BCUT2D eigenvalue weighted by Gasteiger charge is -2.15. The Morgan fingerprint density at radius 3 is 1.30 bits per heavy atom. The van der Waals surface area contributed by atoms with E-state index in [1.54, 1.807) is 0 Å². The Morgan fingerprint density at radius 2 is 0.864 bits per heavy atom. The van der Waals surface area contributed by atoms with Crippen LogP contribution in [0.15, 0.2) is 24.3 Å². The minimum atomic E-state index is -0.771. The van der Waals surface area contributed by atoms with Crippen LogP contribution >= 0.6 is 0 Å². The molecule has 0 heterocycles. The Labute approximate surface area is 273 Å². The summed E-state index contributed by atoms with van der Waals surface area (Å²) in [6, 6.07) is 0. The second-order valence-electron chi connectivity index (χ2n) is 12.6. The summed E-state index contributed by atoms with van der Waals surface area (Å²) in [7, 11) is 0. The molecule has 0 radical (unpaired) electrons. The zero-order chi connectivity index (χ0) is 32.2. The average Bonchev–Trinajstić information content (AvgIpc) is 3.02. The topological polar surface area (TPSA) is 72.8 Å². The molecule has 0 rings (SSSR count). The van der Waals surface area contributed by atoms with Gasteiger partial charge in [0, 0.05) is 12.8 Å². The Balaban J connectivity index is 3.53. The van der Waals surface area contributed by atoms with E-state index in [0.29, 0.717) is 12.8 Å². The Bertz CT molecular complexity index is 671. The molecule has 0 aliphatic rings. The van der Waals surface area contributed by atoms with Gasteiger partial charge in [-0.3, -0.25) is 9.59 Å². The van der Waals surface area contributed by atoms with Gasteiger partial charge in [0.05, 0.1) is 6.61 Å². The molecule has 0 fully saturated rings. The molecule has 44 heavy (non-hydrogen) atoms. The quantitative estimate of drug-likeness (QED) is 0.0440.